The van der Waals surface area contributed by atoms with Crippen molar-refractivity contribution < 1.29 is 22.4 Å². The van der Waals surface area contributed by atoms with Gasteiger partial charge in [-0.2, -0.15) is 0 Å². The molecular formula is C11H9ClF4O. The summed E-state index contributed by atoms with van der Waals surface area (Å²) in [7, 11) is 0. The van der Waals surface area contributed by atoms with Crippen LogP contribution in [-0.4, -0.2) is 11.7 Å². The van der Waals surface area contributed by atoms with E-state index in [9.17, 15) is 22.4 Å². The Balaban J connectivity index is 3.30. The number of hydrogen-bond acceptors (Lipinski definition) is 1. The number of rotatable bonds is 5. The molecule has 1 rings (SSSR count). The van der Waals surface area contributed by atoms with Gasteiger partial charge in [0.15, 0.2) is 5.78 Å². The van der Waals surface area contributed by atoms with Crippen LogP contribution < -0.4 is 0 Å². The first-order valence-corrected chi connectivity index (χ1v) is 5.30. The van der Waals surface area contributed by atoms with Gasteiger partial charge in [-0.25, -0.2) is 17.6 Å². The summed E-state index contributed by atoms with van der Waals surface area (Å²) in [6, 6.07) is 3.17. The smallest absolute Gasteiger partial charge is 0.265 e. The Labute approximate surface area is 100 Å². The topological polar surface area (TPSA) is 17.1 Å². The summed E-state index contributed by atoms with van der Waals surface area (Å²) in [6.07, 6.45) is -6.31. The van der Waals surface area contributed by atoms with Crippen molar-refractivity contribution in [2.24, 2.45) is 0 Å². The number of alkyl halides is 5. The second kappa shape index (κ2) is 6.00. The first kappa shape index (κ1) is 14.0. The lowest BCUT2D eigenvalue weighted by Gasteiger charge is -2.12. The van der Waals surface area contributed by atoms with Crippen LogP contribution in [0.4, 0.5) is 17.6 Å². The van der Waals surface area contributed by atoms with Gasteiger partial charge in [0.2, 0.25) is 0 Å². The second-order valence-corrected chi connectivity index (χ2v) is 3.65. The first-order chi connectivity index (χ1) is 7.99. The molecule has 94 valence electrons. The molecule has 0 heterocycles. The van der Waals surface area contributed by atoms with Crippen molar-refractivity contribution in [3.05, 3.63) is 34.9 Å². The Morgan fingerprint density at radius 3 is 2.29 bits per heavy atom. The van der Waals surface area contributed by atoms with Crippen LogP contribution in [0.5, 0.6) is 0 Å². The van der Waals surface area contributed by atoms with E-state index in [1.54, 1.807) is 0 Å². The van der Waals surface area contributed by atoms with Crippen molar-refractivity contribution in [2.75, 3.05) is 5.88 Å². The summed E-state index contributed by atoms with van der Waals surface area (Å²) in [6.45, 7) is 0. The van der Waals surface area contributed by atoms with E-state index >= 15 is 0 Å². The zero-order valence-corrected chi connectivity index (χ0v) is 9.35. The summed E-state index contributed by atoms with van der Waals surface area (Å²) in [5.74, 6) is -0.696. The van der Waals surface area contributed by atoms with E-state index in [2.05, 4.69) is 0 Å². The number of halogens is 5. The molecule has 0 spiro atoms. The predicted octanol–water partition coefficient (Wildman–Crippen LogP) is 4.37. The van der Waals surface area contributed by atoms with Gasteiger partial charge in [0.1, 0.15) is 0 Å². The number of ketones is 1. The van der Waals surface area contributed by atoms with Crippen LogP contribution in [0, 0.1) is 0 Å². The molecule has 1 aromatic rings. The van der Waals surface area contributed by atoms with E-state index in [0.717, 1.165) is 18.2 Å². The van der Waals surface area contributed by atoms with Crippen LogP contribution in [0.15, 0.2) is 18.2 Å². The average Bonchev–Trinajstić information content (AvgIpc) is 2.28. The highest BCUT2D eigenvalue weighted by Gasteiger charge is 2.25. The normalized spacial score (nSPS) is 11.2. The third-order valence-electron chi connectivity index (χ3n) is 2.22. The van der Waals surface area contributed by atoms with Crippen LogP contribution in [-0.2, 0) is 0 Å². The molecule has 0 atom stereocenters. The van der Waals surface area contributed by atoms with Gasteiger partial charge in [-0.15, -0.1) is 11.6 Å². The summed E-state index contributed by atoms with van der Waals surface area (Å²) < 4.78 is 50.6. The van der Waals surface area contributed by atoms with Crippen LogP contribution in [0.2, 0.25) is 0 Å². The van der Waals surface area contributed by atoms with Gasteiger partial charge >= 0.3 is 0 Å². The Bertz CT molecular complexity index is 406. The molecule has 0 aliphatic heterocycles. The van der Waals surface area contributed by atoms with Crippen molar-refractivity contribution in [3.8, 4) is 0 Å². The van der Waals surface area contributed by atoms with E-state index in [1.165, 1.54) is 0 Å². The quantitative estimate of drug-likeness (QED) is 0.440. The largest absolute Gasteiger partial charge is 0.294 e. The van der Waals surface area contributed by atoms with Gasteiger partial charge < -0.3 is 0 Å². The van der Waals surface area contributed by atoms with Crippen LogP contribution >= 0.6 is 11.6 Å². The first-order valence-electron chi connectivity index (χ1n) is 4.77. The van der Waals surface area contributed by atoms with E-state index in [4.69, 9.17) is 11.6 Å². The van der Waals surface area contributed by atoms with Gasteiger partial charge in [0.05, 0.1) is 0 Å². The van der Waals surface area contributed by atoms with Crippen LogP contribution in [0.3, 0.4) is 0 Å². The lowest BCUT2D eigenvalue weighted by molar-refractivity contribution is 0.0967. The van der Waals surface area contributed by atoms with Crippen LogP contribution in [0.25, 0.3) is 0 Å². The summed E-state index contributed by atoms with van der Waals surface area (Å²) in [4.78, 5) is 11.5. The van der Waals surface area contributed by atoms with Crippen LogP contribution in [0.1, 0.15) is 40.8 Å². The number of benzene rings is 1. The molecule has 0 amide bonds. The van der Waals surface area contributed by atoms with Crippen molar-refractivity contribution >= 4 is 17.4 Å². The van der Waals surface area contributed by atoms with Gasteiger partial charge in [-0.3, -0.25) is 4.79 Å². The molecule has 1 nitrogen and oxygen atoms in total. The van der Waals surface area contributed by atoms with E-state index in [0.29, 0.717) is 0 Å². The molecule has 0 bridgehead atoms. The second-order valence-electron chi connectivity index (χ2n) is 3.27. The number of carbonyl (C=O) groups excluding carboxylic acids is 1. The average molecular weight is 269 g/mol. The van der Waals surface area contributed by atoms with Crippen molar-refractivity contribution in [1.82, 2.24) is 0 Å². The summed E-state index contributed by atoms with van der Waals surface area (Å²) >= 11 is 5.32. The summed E-state index contributed by atoms with van der Waals surface area (Å²) in [5, 5.41) is 0. The monoisotopic (exact) mass is 268 g/mol. The highest BCUT2D eigenvalue weighted by molar-refractivity contribution is 6.19. The molecule has 0 N–H and O–H groups in total. The molecule has 6 heteroatoms. The molecule has 0 radical (unpaired) electrons. The predicted molar refractivity (Wildman–Crippen MR) is 56.0 cm³/mol. The minimum absolute atomic E-state index is 0.0413. The third kappa shape index (κ3) is 3.19. The standard InChI is InChI=1S/C11H9ClF4O/c12-5-4-8(17)6-2-1-3-7(10(13)14)9(6)11(15)16/h1-3,10-11H,4-5H2. The van der Waals surface area contributed by atoms with E-state index in [-0.39, 0.29) is 17.9 Å². The summed E-state index contributed by atoms with van der Waals surface area (Å²) in [5.41, 5.74) is -2.07. The fraction of sp³-hybridized carbons (Fsp3) is 0.364. The highest BCUT2D eigenvalue weighted by Crippen LogP contribution is 2.33. The minimum Gasteiger partial charge on any atom is -0.294 e. The minimum atomic E-state index is -3.12. The van der Waals surface area contributed by atoms with Gasteiger partial charge in [-0.05, 0) is 0 Å². The number of Topliss-reactive ketones (excluding diaryl/α,β-unsaturated/α-hetero) is 1. The lowest BCUT2D eigenvalue weighted by atomic mass is 9.97. The van der Waals surface area contributed by atoms with Crippen molar-refractivity contribution in [1.29, 1.82) is 0 Å². The Hall–Kier alpha value is -1.10. The van der Waals surface area contributed by atoms with Crippen molar-refractivity contribution in [2.45, 2.75) is 19.3 Å². The van der Waals surface area contributed by atoms with E-state index in [1.807, 2.05) is 0 Å². The van der Waals surface area contributed by atoms with Crippen molar-refractivity contribution in [3.63, 3.8) is 0 Å². The fourth-order valence-electron chi connectivity index (χ4n) is 1.48. The maximum atomic E-state index is 12.7. The van der Waals surface area contributed by atoms with Gasteiger partial charge in [0, 0.05) is 29.0 Å². The molecule has 0 fully saturated rings. The van der Waals surface area contributed by atoms with Gasteiger partial charge in [-0.1, -0.05) is 18.2 Å². The Morgan fingerprint density at radius 1 is 1.18 bits per heavy atom. The molecule has 1 aromatic carbocycles. The van der Waals surface area contributed by atoms with Gasteiger partial charge in [0.25, 0.3) is 12.9 Å². The maximum absolute atomic E-state index is 12.7. The molecule has 17 heavy (non-hydrogen) atoms. The fourth-order valence-corrected chi connectivity index (χ4v) is 1.65. The molecule has 0 saturated carbocycles. The molecule has 0 saturated heterocycles. The molecular weight excluding hydrogens is 260 g/mol. The lowest BCUT2D eigenvalue weighted by Crippen LogP contribution is -2.08. The SMILES string of the molecule is O=C(CCCl)c1cccc(C(F)F)c1C(F)F. The molecule has 0 aliphatic rings. The zero-order valence-electron chi connectivity index (χ0n) is 8.60. The highest BCUT2D eigenvalue weighted by atomic mass is 35.5. The third-order valence-corrected chi connectivity index (χ3v) is 2.40. The Morgan fingerprint density at radius 2 is 1.82 bits per heavy atom. The maximum Gasteiger partial charge on any atom is 0.265 e. The zero-order chi connectivity index (χ0) is 13.0. The number of carbonyl (C=O) groups is 1. The molecule has 0 aromatic heterocycles. The number of hydrogen-bond donors (Lipinski definition) is 0. The Kier molecular flexibility index (Phi) is 4.93. The molecule has 0 aliphatic carbocycles. The molecule has 0 unspecified atom stereocenters. The van der Waals surface area contributed by atoms with E-state index < -0.39 is 29.8 Å².